The molecule has 1 aromatic heterocycles. The van der Waals surface area contributed by atoms with E-state index >= 15 is 0 Å². The summed E-state index contributed by atoms with van der Waals surface area (Å²) in [5, 5.41) is 8.57. The van der Waals surface area contributed by atoms with Crippen molar-refractivity contribution in [1.82, 2.24) is 30.7 Å². The largest absolute Gasteiger partial charge is 0.491 e. The SMILES string of the molecule is CN1CC(=O)N[C@H](Cc2ccccc2)COc2ccccc2C(=O)N[C@H](C(=O)NCCc2ccncc2)CC(=O)N2CCC[C@@H]2C1=O. The number of carbonyl (C=O) groups excluding carboxylic acids is 5. The molecule has 3 N–H and O–H groups in total. The van der Waals surface area contributed by atoms with E-state index in [2.05, 4.69) is 20.9 Å². The van der Waals surface area contributed by atoms with Crippen LogP contribution in [-0.2, 0) is 32.0 Å². The maximum atomic E-state index is 13.7. The third-order valence-electron chi connectivity index (χ3n) is 8.34. The van der Waals surface area contributed by atoms with Crippen molar-refractivity contribution >= 4 is 29.5 Å². The number of nitrogens with zero attached hydrogens (tertiary/aromatic N) is 3. The van der Waals surface area contributed by atoms with E-state index < -0.39 is 35.8 Å². The van der Waals surface area contributed by atoms with Crippen LogP contribution in [0.25, 0.3) is 0 Å². The number of hydrogen-bond donors (Lipinski definition) is 3. The molecular formula is C35H40N6O6. The molecule has 12 nitrogen and oxygen atoms in total. The number of likely N-dealkylation sites (N-methyl/N-ethyl adjacent to an activating group) is 1. The zero-order valence-electron chi connectivity index (χ0n) is 26.4. The van der Waals surface area contributed by atoms with Crippen LogP contribution in [0.2, 0.25) is 0 Å². The lowest BCUT2D eigenvalue weighted by atomic mass is 10.1. The molecule has 0 bridgehead atoms. The van der Waals surface area contributed by atoms with Crippen molar-refractivity contribution in [2.45, 2.75) is 50.2 Å². The van der Waals surface area contributed by atoms with E-state index in [1.165, 1.54) is 16.8 Å². The van der Waals surface area contributed by atoms with Gasteiger partial charge in [-0.3, -0.25) is 29.0 Å². The third kappa shape index (κ3) is 8.93. The summed E-state index contributed by atoms with van der Waals surface area (Å²) in [6, 6.07) is 17.4. The molecule has 5 amide bonds. The van der Waals surface area contributed by atoms with Crippen molar-refractivity contribution in [3.63, 3.8) is 0 Å². The number of pyridine rings is 1. The smallest absolute Gasteiger partial charge is 0.255 e. The van der Waals surface area contributed by atoms with Crippen molar-refractivity contribution in [1.29, 1.82) is 0 Å². The predicted molar refractivity (Wildman–Crippen MR) is 173 cm³/mol. The van der Waals surface area contributed by atoms with Gasteiger partial charge in [-0.25, -0.2) is 0 Å². The molecule has 5 rings (SSSR count). The molecule has 12 heteroatoms. The van der Waals surface area contributed by atoms with Gasteiger partial charge in [0.25, 0.3) is 5.91 Å². The van der Waals surface area contributed by atoms with E-state index in [1.54, 1.807) is 36.7 Å². The summed E-state index contributed by atoms with van der Waals surface area (Å²) >= 11 is 0. The first kappa shape index (κ1) is 33.1. The number of amides is 5. The van der Waals surface area contributed by atoms with Crippen LogP contribution in [0.5, 0.6) is 5.75 Å². The summed E-state index contributed by atoms with van der Waals surface area (Å²) in [6.45, 7) is 0.441. The average molecular weight is 641 g/mol. The molecule has 47 heavy (non-hydrogen) atoms. The van der Waals surface area contributed by atoms with Gasteiger partial charge in [-0.1, -0.05) is 42.5 Å². The third-order valence-corrected chi connectivity index (χ3v) is 8.34. The molecular weight excluding hydrogens is 600 g/mol. The van der Waals surface area contributed by atoms with Gasteiger partial charge in [0.05, 0.1) is 24.6 Å². The Morgan fingerprint density at radius 3 is 2.49 bits per heavy atom. The molecule has 2 aromatic carbocycles. The minimum absolute atomic E-state index is 0.0381. The molecule has 0 unspecified atom stereocenters. The van der Waals surface area contributed by atoms with Gasteiger partial charge in [-0.05, 0) is 61.1 Å². The molecule has 3 heterocycles. The van der Waals surface area contributed by atoms with Gasteiger partial charge in [0.15, 0.2) is 0 Å². The second-order valence-corrected chi connectivity index (χ2v) is 11.8. The number of hydrogen-bond acceptors (Lipinski definition) is 7. The minimum atomic E-state index is -1.21. The van der Waals surface area contributed by atoms with Gasteiger partial charge in [-0.15, -0.1) is 0 Å². The van der Waals surface area contributed by atoms with Gasteiger partial charge in [0, 0.05) is 32.5 Å². The highest BCUT2D eigenvalue weighted by Crippen LogP contribution is 2.22. The fraction of sp³-hybridized carbons (Fsp3) is 0.371. The van der Waals surface area contributed by atoms with E-state index in [4.69, 9.17) is 4.74 Å². The standard InChI is InChI=1S/C35H40N6O6/c1-40-22-31(42)38-26(20-25-8-3-2-4-9-25)23-47-30-12-6-5-10-27(30)33(44)39-28(21-32(43)41-19-7-11-29(41)35(40)46)34(45)37-18-15-24-13-16-36-17-14-24/h2-6,8-10,12-14,16-17,26,28-29H,7,11,15,18-23H2,1H3,(H,37,45)(H,38,42)(H,39,44)/t26-,28+,29-/m1/s1. The summed E-state index contributed by atoms with van der Waals surface area (Å²) in [5.74, 6) is -2.03. The minimum Gasteiger partial charge on any atom is -0.491 e. The monoisotopic (exact) mass is 640 g/mol. The Morgan fingerprint density at radius 2 is 1.70 bits per heavy atom. The van der Waals surface area contributed by atoms with Crippen molar-refractivity contribution in [3.05, 3.63) is 95.8 Å². The molecule has 1 saturated heterocycles. The lowest BCUT2D eigenvalue weighted by molar-refractivity contribution is -0.145. The van der Waals surface area contributed by atoms with Crippen LogP contribution >= 0.6 is 0 Å². The fourth-order valence-electron chi connectivity index (χ4n) is 5.90. The first-order valence-corrected chi connectivity index (χ1v) is 15.9. The highest BCUT2D eigenvalue weighted by Gasteiger charge is 2.38. The molecule has 0 saturated carbocycles. The molecule has 2 aliphatic heterocycles. The topological polar surface area (TPSA) is 150 Å². The number of nitrogens with one attached hydrogen (secondary N) is 3. The highest BCUT2D eigenvalue weighted by atomic mass is 16.5. The quantitative estimate of drug-likeness (QED) is 0.370. The maximum absolute atomic E-state index is 13.7. The van der Waals surface area contributed by atoms with E-state index in [9.17, 15) is 24.0 Å². The van der Waals surface area contributed by atoms with Crippen molar-refractivity contribution in [2.75, 3.05) is 33.3 Å². The van der Waals surface area contributed by atoms with Gasteiger partial charge in [0.1, 0.15) is 24.4 Å². The molecule has 0 radical (unpaired) electrons. The van der Waals surface area contributed by atoms with Gasteiger partial charge < -0.3 is 30.5 Å². The van der Waals surface area contributed by atoms with Crippen LogP contribution in [0.1, 0.15) is 40.7 Å². The molecule has 0 aliphatic carbocycles. The van der Waals surface area contributed by atoms with Crippen LogP contribution in [0.3, 0.4) is 0 Å². The van der Waals surface area contributed by atoms with Gasteiger partial charge in [-0.2, -0.15) is 0 Å². The van der Waals surface area contributed by atoms with Crippen molar-refractivity contribution < 1.29 is 28.7 Å². The van der Waals surface area contributed by atoms with E-state index in [-0.39, 0.29) is 49.2 Å². The molecule has 3 atom stereocenters. The first-order chi connectivity index (χ1) is 22.8. The van der Waals surface area contributed by atoms with Crippen LogP contribution in [0.4, 0.5) is 0 Å². The first-order valence-electron chi connectivity index (χ1n) is 15.9. The highest BCUT2D eigenvalue weighted by molar-refractivity contribution is 6.01. The summed E-state index contributed by atoms with van der Waals surface area (Å²) in [7, 11) is 1.54. The predicted octanol–water partition coefficient (Wildman–Crippen LogP) is 1.50. The summed E-state index contributed by atoms with van der Waals surface area (Å²) in [5.41, 5.74) is 2.12. The lowest BCUT2D eigenvalue weighted by Gasteiger charge is -2.29. The van der Waals surface area contributed by atoms with Crippen molar-refractivity contribution in [2.24, 2.45) is 0 Å². The Hall–Kier alpha value is -5.26. The number of benzene rings is 2. The molecule has 1 fully saturated rings. The van der Waals surface area contributed by atoms with Crippen LogP contribution in [0, 0.1) is 0 Å². The molecule has 0 spiro atoms. The van der Waals surface area contributed by atoms with E-state index in [0.29, 0.717) is 32.2 Å². The van der Waals surface area contributed by atoms with E-state index in [0.717, 1.165) is 11.1 Å². The Balaban J connectivity index is 1.41. The Morgan fingerprint density at radius 1 is 0.957 bits per heavy atom. The van der Waals surface area contributed by atoms with Gasteiger partial charge >= 0.3 is 0 Å². The lowest BCUT2D eigenvalue weighted by Crippen LogP contribution is -2.53. The maximum Gasteiger partial charge on any atom is 0.255 e. The molecule has 2 aliphatic rings. The number of fused-ring (bicyclic) bond motifs is 2. The number of carbonyl (C=O) groups is 5. The second-order valence-electron chi connectivity index (χ2n) is 11.8. The number of aromatic nitrogens is 1. The number of rotatable bonds is 6. The molecule has 3 aromatic rings. The second kappa shape index (κ2) is 15.8. The average Bonchev–Trinajstić information content (AvgIpc) is 3.57. The summed E-state index contributed by atoms with van der Waals surface area (Å²) in [4.78, 5) is 74.3. The summed E-state index contributed by atoms with van der Waals surface area (Å²) < 4.78 is 6.12. The number of ether oxygens (including phenoxy) is 1. The Labute approximate surface area is 273 Å². The zero-order valence-corrected chi connectivity index (χ0v) is 26.4. The Kier molecular flexibility index (Phi) is 11.2. The Bertz CT molecular complexity index is 1570. The van der Waals surface area contributed by atoms with Crippen LogP contribution in [0.15, 0.2) is 79.1 Å². The van der Waals surface area contributed by atoms with Crippen LogP contribution < -0.4 is 20.7 Å². The van der Waals surface area contributed by atoms with Gasteiger partial charge in [0.2, 0.25) is 23.6 Å². The van der Waals surface area contributed by atoms with Crippen molar-refractivity contribution in [3.8, 4) is 5.75 Å². The fourth-order valence-corrected chi connectivity index (χ4v) is 5.90. The summed E-state index contributed by atoms with van der Waals surface area (Å²) in [6.07, 6.45) is 5.01. The van der Waals surface area contributed by atoms with Crippen LogP contribution in [-0.4, -0.2) is 95.7 Å². The normalized spacial score (nSPS) is 21.1. The van der Waals surface area contributed by atoms with E-state index in [1.807, 2.05) is 42.5 Å². The zero-order chi connectivity index (χ0) is 33.2. The number of para-hydroxylation sites is 1. The molecule has 246 valence electrons.